The maximum absolute atomic E-state index is 12.6. The summed E-state index contributed by atoms with van der Waals surface area (Å²) in [6.45, 7) is 4.76. The zero-order chi connectivity index (χ0) is 14.2. The first-order valence-corrected chi connectivity index (χ1v) is 7.25. The Hall–Kier alpha value is -1.11. The molecule has 0 radical (unpaired) electrons. The van der Waals surface area contributed by atoms with Crippen molar-refractivity contribution in [3.63, 3.8) is 0 Å². The minimum absolute atomic E-state index is 0.0160. The Morgan fingerprint density at radius 2 is 2.00 bits per heavy atom. The Bertz CT molecular complexity index is 528. The van der Waals surface area contributed by atoms with Gasteiger partial charge in [0.25, 0.3) is 5.91 Å². The lowest BCUT2D eigenvalue weighted by Gasteiger charge is -2.44. The fourth-order valence-corrected chi connectivity index (χ4v) is 2.89. The molecule has 1 heterocycles. The van der Waals surface area contributed by atoms with Crippen LogP contribution in [-0.2, 0) is 4.79 Å². The molecule has 19 heavy (non-hydrogen) atoms. The lowest BCUT2D eigenvalue weighted by molar-refractivity contribution is -0.144. The molecule has 1 aliphatic heterocycles. The SMILES string of the molecule is CN1CCN(C(=O)c2cccc(I)c2)C(C)(C)C1=O. The average molecular weight is 372 g/mol. The van der Waals surface area contributed by atoms with Crippen molar-refractivity contribution in [2.75, 3.05) is 20.1 Å². The molecule has 1 saturated heterocycles. The molecule has 1 fully saturated rings. The summed E-state index contributed by atoms with van der Waals surface area (Å²) in [5, 5.41) is 0. The van der Waals surface area contributed by atoms with Gasteiger partial charge in [0.1, 0.15) is 5.54 Å². The average Bonchev–Trinajstić information content (AvgIpc) is 2.35. The second-order valence-corrected chi connectivity index (χ2v) is 6.50. The summed E-state index contributed by atoms with van der Waals surface area (Å²) >= 11 is 2.18. The maximum Gasteiger partial charge on any atom is 0.254 e. The molecule has 4 nitrogen and oxygen atoms in total. The molecule has 1 aliphatic rings. The number of carbonyl (C=O) groups is 2. The van der Waals surface area contributed by atoms with E-state index in [-0.39, 0.29) is 11.8 Å². The van der Waals surface area contributed by atoms with Crippen LogP contribution in [0.3, 0.4) is 0 Å². The second kappa shape index (κ2) is 5.11. The number of hydrogen-bond acceptors (Lipinski definition) is 2. The topological polar surface area (TPSA) is 40.6 Å². The number of nitrogens with zero attached hydrogens (tertiary/aromatic N) is 2. The molecule has 5 heteroatoms. The summed E-state index contributed by atoms with van der Waals surface area (Å²) in [6.07, 6.45) is 0. The summed E-state index contributed by atoms with van der Waals surface area (Å²) in [7, 11) is 1.78. The largest absolute Gasteiger partial charge is 0.342 e. The van der Waals surface area contributed by atoms with Crippen LogP contribution in [0, 0.1) is 3.57 Å². The predicted octanol–water partition coefficient (Wildman–Crippen LogP) is 1.98. The van der Waals surface area contributed by atoms with Gasteiger partial charge in [0.15, 0.2) is 0 Å². The van der Waals surface area contributed by atoms with E-state index in [2.05, 4.69) is 22.6 Å². The van der Waals surface area contributed by atoms with Crippen LogP contribution in [0.25, 0.3) is 0 Å². The van der Waals surface area contributed by atoms with Gasteiger partial charge in [-0.1, -0.05) is 6.07 Å². The normalized spacial score (nSPS) is 18.6. The summed E-state index contributed by atoms with van der Waals surface area (Å²) in [5.41, 5.74) is -0.150. The summed E-state index contributed by atoms with van der Waals surface area (Å²) in [6, 6.07) is 7.45. The van der Waals surface area contributed by atoms with Gasteiger partial charge >= 0.3 is 0 Å². The van der Waals surface area contributed by atoms with Crippen molar-refractivity contribution < 1.29 is 9.59 Å². The Morgan fingerprint density at radius 1 is 1.32 bits per heavy atom. The van der Waals surface area contributed by atoms with Crippen LogP contribution in [0.15, 0.2) is 24.3 Å². The fourth-order valence-electron chi connectivity index (χ4n) is 2.35. The Labute approximate surface area is 126 Å². The van der Waals surface area contributed by atoms with E-state index in [4.69, 9.17) is 0 Å². The molecule has 1 aromatic carbocycles. The Kier molecular flexibility index (Phi) is 3.85. The molecule has 0 bridgehead atoms. The van der Waals surface area contributed by atoms with Crippen molar-refractivity contribution in [1.29, 1.82) is 0 Å². The van der Waals surface area contributed by atoms with Crippen LogP contribution < -0.4 is 0 Å². The lowest BCUT2D eigenvalue weighted by Crippen LogP contribution is -2.63. The van der Waals surface area contributed by atoms with Gasteiger partial charge < -0.3 is 9.80 Å². The van der Waals surface area contributed by atoms with Gasteiger partial charge in [-0.3, -0.25) is 9.59 Å². The highest BCUT2D eigenvalue weighted by molar-refractivity contribution is 14.1. The fraction of sp³-hybridized carbons (Fsp3) is 0.429. The van der Waals surface area contributed by atoms with Crippen LogP contribution in [0.4, 0.5) is 0 Å². The molecular formula is C14H17IN2O2. The van der Waals surface area contributed by atoms with Gasteiger partial charge in [-0.15, -0.1) is 0 Å². The smallest absolute Gasteiger partial charge is 0.254 e. The third-order valence-corrected chi connectivity index (χ3v) is 4.19. The van der Waals surface area contributed by atoms with Crippen LogP contribution >= 0.6 is 22.6 Å². The van der Waals surface area contributed by atoms with Gasteiger partial charge in [0.2, 0.25) is 5.91 Å². The molecule has 102 valence electrons. The summed E-state index contributed by atoms with van der Waals surface area (Å²) in [5.74, 6) is -0.0947. The predicted molar refractivity (Wildman–Crippen MR) is 81.9 cm³/mol. The zero-order valence-corrected chi connectivity index (χ0v) is 13.5. The highest BCUT2D eigenvalue weighted by atomic mass is 127. The lowest BCUT2D eigenvalue weighted by atomic mass is 9.96. The number of rotatable bonds is 1. The first-order valence-electron chi connectivity index (χ1n) is 6.17. The van der Waals surface area contributed by atoms with Crippen molar-refractivity contribution in [1.82, 2.24) is 9.80 Å². The summed E-state index contributed by atoms with van der Waals surface area (Å²) < 4.78 is 1.02. The quantitative estimate of drug-likeness (QED) is 0.708. The van der Waals surface area contributed by atoms with Crippen molar-refractivity contribution in [3.8, 4) is 0 Å². The standard InChI is InChI=1S/C14H17IN2O2/c1-14(2)13(19)16(3)7-8-17(14)12(18)10-5-4-6-11(15)9-10/h4-6,9H,7-8H2,1-3H3. The van der Waals surface area contributed by atoms with E-state index in [1.807, 2.05) is 18.2 Å². The van der Waals surface area contributed by atoms with E-state index in [1.165, 1.54) is 0 Å². The number of benzene rings is 1. The monoisotopic (exact) mass is 372 g/mol. The molecule has 0 spiro atoms. The Morgan fingerprint density at radius 3 is 2.63 bits per heavy atom. The van der Waals surface area contributed by atoms with Crippen LogP contribution in [0.2, 0.25) is 0 Å². The van der Waals surface area contributed by atoms with E-state index in [0.717, 1.165) is 3.57 Å². The molecular weight excluding hydrogens is 355 g/mol. The molecule has 0 N–H and O–H groups in total. The molecule has 0 atom stereocenters. The molecule has 0 aliphatic carbocycles. The van der Waals surface area contributed by atoms with Gasteiger partial charge in [-0.25, -0.2) is 0 Å². The van der Waals surface area contributed by atoms with Crippen molar-refractivity contribution >= 4 is 34.4 Å². The maximum atomic E-state index is 12.6. The van der Waals surface area contributed by atoms with E-state index in [9.17, 15) is 9.59 Å². The van der Waals surface area contributed by atoms with E-state index in [1.54, 1.807) is 36.8 Å². The van der Waals surface area contributed by atoms with Crippen molar-refractivity contribution in [3.05, 3.63) is 33.4 Å². The minimum Gasteiger partial charge on any atom is -0.342 e. The first-order chi connectivity index (χ1) is 8.84. The van der Waals surface area contributed by atoms with E-state index in [0.29, 0.717) is 18.7 Å². The number of amides is 2. The molecule has 2 rings (SSSR count). The third-order valence-electron chi connectivity index (χ3n) is 3.52. The van der Waals surface area contributed by atoms with Gasteiger partial charge in [-0.2, -0.15) is 0 Å². The number of halogens is 1. The van der Waals surface area contributed by atoms with Crippen molar-refractivity contribution in [2.45, 2.75) is 19.4 Å². The van der Waals surface area contributed by atoms with Crippen LogP contribution in [0.5, 0.6) is 0 Å². The number of likely N-dealkylation sites (N-methyl/N-ethyl adjacent to an activating group) is 1. The molecule has 0 saturated carbocycles. The number of piperazine rings is 1. The number of carbonyl (C=O) groups excluding carboxylic acids is 2. The highest BCUT2D eigenvalue weighted by Crippen LogP contribution is 2.24. The Balaban J connectivity index is 2.31. The van der Waals surface area contributed by atoms with Gasteiger partial charge in [0.05, 0.1) is 0 Å². The van der Waals surface area contributed by atoms with Gasteiger partial charge in [-0.05, 0) is 54.6 Å². The van der Waals surface area contributed by atoms with Crippen LogP contribution in [-0.4, -0.2) is 47.3 Å². The van der Waals surface area contributed by atoms with Crippen molar-refractivity contribution in [2.24, 2.45) is 0 Å². The van der Waals surface area contributed by atoms with Gasteiger partial charge in [0, 0.05) is 29.3 Å². The summed E-state index contributed by atoms with van der Waals surface area (Å²) in [4.78, 5) is 28.1. The number of hydrogen-bond donors (Lipinski definition) is 0. The molecule has 1 aromatic rings. The first kappa shape index (κ1) is 14.3. The van der Waals surface area contributed by atoms with Crippen LogP contribution in [0.1, 0.15) is 24.2 Å². The zero-order valence-electron chi connectivity index (χ0n) is 11.3. The molecule has 0 aromatic heterocycles. The van der Waals surface area contributed by atoms with E-state index < -0.39 is 5.54 Å². The second-order valence-electron chi connectivity index (χ2n) is 5.25. The highest BCUT2D eigenvalue weighted by Gasteiger charge is 2.43. The molecule has 0 unspecified atom stereocenters. The molecule has 2 amide bonds. The minimum atomic E-state index is -0.786. The third kappa shape index (κ3) is 2.61. The van der Waals surface area contributed by atoms with E-state index >= 15 is 0 Å².